The van der Waals surface area contributed by atoms with Gasteiger partial charge in [0.2, 0.25) is 5.78 Å². The lowest BCUT2D eigenvalue weighted by atomic mass is 10.1. The lowest BCUT2D eigenvalue weighted by Gasteiger charge is -2.26. The van der Waals surface area contributed by atoms with Gasteiger partial charge in [-0.1, -0.05) is 40.6 Å². The molecule has 0 amide bonds. The molecule has 0 fully saturated rings. The molecule has 0 saturated carbocycles. The molecule has 202 valence electrons. The van der Waals surface area contributed by atoms with Crippen molar-refractivity contribution in [3.63, 3.8) is 0 Å². The van der Waals surface area contributed by atoms with Crippen molar-refractivity contribution in [3.05, 3.63) is 112 Å². The topological polar surface area (TPSA) is 97.6 Å². The van der Waals surface area contributed by atoms with Gasteiger partial charge in [0.05, 0.1) is 16.3 Å². The van der Waals surface area contributed by atoms with Crippen LogP contribution in [0.3, 0.4) is 0 Å². The summed E-state index contributed by atoms with van der Waals surface area (Å²) in [7, 11) is 0. The van der Waals surface area contributed by atoms with Crippen molar-refractivity contribution >= 4 is 57.5 Å². The van der Waals surface area contributed by atoms with Crippen molar-refractivity contribution in [2.24, 2.45) is 10.3 Å². The Morgan fingerprint density at radius 3 is 1.35 bits per heavy atom. The third-order valence-corrected chi connectivity index (χ3v) is 6.71. The number of nitrogens with zero attached hydrogens (tertiary/aromatic N) is 3. The van der Waals surface area contributed by atoms with Crippen LogP contribution in [-0.2, 0) is 19.3 Å². The second-order valence-corrected chi connectivity index (χ2v) is 9.75. The molecule has 4 rings (SSSR count). The molecule has 0 aliphatic rings. The van der Waals surface area contributed by atoms with Crippen molar-refractivity contribution in [1.29, 1.82) is 0 Å². The maximum Gasteiger partial charge on any atom is 0.331 e. The van der Waals surface area contributed by atoms with Crippen LogP contribution in [0.5, 0.6) is 0 Å². The Hall–Kier alpha value is -4.89. The van der Waals surface area contributed by atoms with Crippen LogP contribution in [0.25, 0.3) is 0 Å². The number of anilines is 3. The van der Waals surface area contributed by atoms with Crippen LogP contribution < -0.4 is 4.90 Å². The van der Waals surface area contributed by atoms with Crippen LogP contribution in [0.15, 0.2) is 101 Å². The Morgan fingerprint density at radius 1 is 0.600 bits per heavy atom. The van der Waals surface area contributed by atoms with Gasteiger partial charge in [-0.3, -0.25) is 4.79 Å². The van der Waals surface area contributed by atoms with Crippen molar-refractivity contribution in [3.8, 4) is 0 Å². The Labute approximate surface area is 236 Å². The summed E-state index contributed by atoms with van der Waals surface area (Å²) in [5.41, 5.74) is 5.90. The molecule has 0 spiro atoms. The van der Waals surface area contributed by atoms with Gasteiger partial charge in [-0.15, -0.1) is 11.3 Å². The first-order valence-electron chi connectivity index (χ1n) is 12.4. The summed E-state index contributed by atoms with van der Waals surface area (Å²) >= 11 is 1.41. The minimum atomic E-state index is -0.486. The van der Waals surface area contributed by atoms with Crippen LogP contribution >= 0.6 is 11.3 Å². The van der Waals surface area contributed by atoms with Gasteiger partial charge < -0.3 is 14.6 Å². The van der Waals surface area contributed by atoms with Gasteiger partial charge >= 0.3 is 11.9 Å². The first kappa shape index (κ1) is 28.1. The van der Waals surface area contributed by atoms with Gasteiger partial charge in [-0.2, -0.15) is 0 Å². The van der Waals surface area contributed by atoms with Gasteiger partial charge in [0.25, 0.3) is 0 Å². The van der Waals surface area contributed by atoms with E-state index in [1.165, 1.54) is 25.2 Å². The first-order valence-corrected chi connectivity index (χ1v) is 13.2. The van der Waals surface area contributed by atoms with Gasteiger partial charge in [0.15, 0.2) is 0 Å². The summed E-state index contributed by atoms with van der Waals surface area (Å²) in [4.78, 5) is 47.3. The molecule has 4 aromatic rings. The third kappa shape index (κ3) is 6.95. The number of ketones is 1. The molecular formula is C31H27N3O5S. The highest BCUT2D eigenvalue weighted by Gasteiger charge is 2.16. The van der Waals surface area contributed by atoms with Crippen molar-refractivity contribution in [2.75, 3.05) is 4.90 Å². The number of hydrogen-bond donors (Lipinski definition) is 0. The number of hydrogen-bond acceptors (Lipinski definition) is 9. The van der Waals surface area contributed by atoms with E-state index < -0.39 is 11.9 Å². The molecule has 0 bridgehead atoms. The van der Waals surface area contributed by atoms with Gasteiger partial charge in [0.1, 0.15) is 0 Å². The minimum absolute atomic E-state index is 0.0214. The average molecular weight is 554 g/mol. The second-order valence-electron chi connectivity index (χ2n) is 8.80. The second kappa shape index (κ2) is 12.8. The van der Waals surface area contributed by atoms with E-state index in [9.17, 15) is 14.4 Å². The highest BCUT2D eigenvalue weighted by atomic mass is 32.1. The van der Waals surface area contributed by atoms with E-state index in [4.69, 9.17) is 9.68 Å². The summed E-state index contributed by atoms with van der Waals surface area (Å²) in [5, 5.41) is 9.61. The quantitative estimate of drug-likeness (QED) is 0.0956. The molecule has 8 nitrogen and oxygen atoms in total. The van der Waals surface area contributed by atoms with Crippen molar-refractivity contribution in [2.45, 2.75) is 27.7 Å². The zero-order valence-corrected chi connectivity index (χ0v) is 23.3. The summed E-state index contributed by atoms with van der Waals surface area (Å²) in [6.07, 6.45) is 0. The first-order chi connectivity index (χ1) is 19.2. The zero-order chi connectivity index (χ0) is 28.6. The van der Waals surface area contributed by atoms with E-state index in [-0.39, 0.29) is 5.78 Å². The largest absolute Gasteiger partial charge is 0.331 e. The predicted octanol–water partition coefficient (Wildman–Crippen LogP) is 7.02. The molecule has 0 atom stereocenters. The van der Waals surface area contributed by atoms with Gasteiger partial charge in [-0.05, 0) is 85.0 Å². The monoisotopic (exact) mass is 553 g/mol. The molecule has 1 heterocycles. The van der Waals surface area contributed by atoms with E-state index in [0.29, 0.717) is 21.9 Å². The van der Waals surface area contributed by atoms with E-state index >= 15 is 0 Å². The SMILES string of the molecule is CC(=O)O/N=C(\C)c1ccc(N(c2ccc(C(=O)c3cccs3)cc2)c2ccc(/C(C)=N/OC(C)=O)cc2)cc1. The number of rotatable bonds is 9. The zero-order valence-electron chi connectivity index (χ0n) is 22.5. The fourth-order valence-electron chi connectivity index (χ4n) is 3.83. The molecule has 0 unspecified atom stereocenters. The van der Waals surface area contributed by atoms with Crippen molar-refractivity contribution in [1.82, 2.24) is 0 Å². The molecule has 40 heavy (non-hydrogen) atoms. The van der Waals surface area contributed by atoms with Crippen molar-refractivity contribution < 1.29 is 24.1 Å². The maximum absolute atomic E-state index is 12.8. The summed E-state index contributed by atoms with van der Waals surface area (Å²) in [6.45, 7) is 6.12. The average Bonchev–Trinajstić information content (AvgIpc) is 3.51. The predicted molar refractivity (Wildman–Crippen MR) is 157 cm³/mol. The standard InChI is InChI=1S/C31H27N3O5S/c1-20(32-38-22(3)35)24-7-13-27(14-8-24)34(28-15-9-25(10-16-28)21(2)33-39-23(4)36)29-17-11-26(12-18-29)31(37)30-6-5-19-40-30/h5-19H,1-4H3/b32-20+,33-21+. The summed E-state index contributed by atoms with van der Waals surface area (Å²) < 4.78 is 0. The minimum Gasteiger partial charge on any atom is -0.318 e. The summed E-state index contributed by atoms with van der Waals surface area (Å²) in [5.74, 6) is -0.994. The number of thiophene rings is 1. The van der Waals surface area contributed by atoms with E-state index in [1.807, 2.05) is 95.2 Å². The van der Waals surface area contributed by atoms with Gasteiger partial charge in [0, 0.05) is 36.5 Å². The Kier molecular flexibility index (Phi) is 8.98. The van der Waals surface area contributed by atoms with Crippen LogP contribution in [0.2, 0.25) is 0 Å². The fourth-order valence-corrected chi connectivity index (χ4v) is 4.52. The van der Waals surface area contributed by atoms with E-state index in [1.54, 1.807) is 13.8 Å². The molecule has 1 aromatic heterocycles. The lowest BCUT2D eigenvalue weighted by Crippen LogP contribution is -2.11. The van der Waals surface area contributed by atoms with Crippen LogP contribution in [0.4, 0.5) is 17.1 Å². The maximum atomic E-state index is 12.8. The molecular weight excluding hydrogens is 526 g/mol. The van der Waals surface area contributed by atoms with Crippen LogP contribution in [-0.4, -0.2) is 29.1 Å². The van der Waals surface area contributed by atoms with E-state index in [2.05, 4.69) is 10.3 Å². The number of carbonyl (C=O) groups is 3. The van der Waals surface area contributed by atoms with Crippen LogP contribution in [0.1, 0.15) is 54.1 Å². The van der Waals surface area contributed by atoms with Gasteiger partial charge in [-0.25, -0.2) is 9.59 Å². The molecule has 9 heteroatoms. The highest BCUT2D eigenvalue weighted by Crippen LogP contribution is 2.35. The molecule has 0 aliphatic heterocycles. The Bertz CT molecular complexity index is 1480. The smallest absolute Gasteiger partial charge is 0.318 e. The highest BCUT2D eigenvalue weighted by molar-refractivity contribution is 7.12. The Balaban J connectivity index is 1.69. The number of benzene rings is 3. The Morgan fingerprint density at radius 2 is 1.00 bits per heavy atom. The van der Waals surface area contributed by atoms with E-state index in [0.717, 1.165) is 28.2 Å². The normalized spacial score (nSPS) is 11.6. The molecule has 0 saturated heterocycles. The van der Waals surface area contributed by atoms with Crippen LogP contribution in [0, 0.1) is 0 Å². The molecule has 0 radical (unpaired) electrons. The fraction of sp³-hybridized carbons (Fsp3) is 0.129. The third-order valence-electron chi connectivity index (χ3n) is 5.84. The lowest BCUT2D eigenvalue weighted by molar-refractivity contribution is -0.141. The molecule has 3 aromatic carbocycles. The summed E-state index contributed by atoms with van der Waals surface area (Å²) in [6, 6.07) is 26.4. The number of oxime groups is 2. The number of carbonyl (C=O) groups excluding carboxylic acids is 3. The molecule has 0 aliphatic carbocycles. The molecule has 0 N–H and O–H groups in total.